The van der Waals surface area contributed by atoms with Gasteiger partial charge in [-0.2, -0.15) is 0 Å². The van der Waals surface area contributed by atoms with E-state index in [1.165, 1.54) is 33.2 Å². The fourth-order valence-electron chi connectivity index (χ4n) is 2.06. The first-order chi connectivity index (χ1) is 8.06. The molecule has 0 aliphatic rings. The van der Waals surface area contributed by atoms with Gasteiger partial charge in [0.15, 0.2) is 7.28 Å². The van der Waals surface area contributed by atoms with Crippen molar-refractivity contribution in [1.29, 1.82) is 0 Å². The van der Waals surface area contributed by atoms with E-state index in [4.69, 9.17) is 0 Å². The Hall–Kier alpha value is -1.50. The molecule has 2 rings (SSSR count). The Balaban J connectivity index is 2.25. The third-order valence-corrected chi connectivity index (χ3v) is 3.55. The molecule has 0 aliphatic carbocycles. The van der Waals surface area contributed by atoms with Crippen LogP contribution in [0.15, 0.2) is 36.4 Å². The number of rotatable bonds is 2. The highest BCUT2D eigenvalue weighted by Gasteiger charge is 2.02. The molecule has 0 unspecified atom stereocenters. The lowest BCUT2D eigenvalue weighted by molar-refractivity contribution is 1.35. The molecule has 0 N–H and O–H groups in total. The van der Waals surface area contributed by atoms with Gasteiger partial charge in [0.25, 0.3) is 0 Å². The molecular formula is C16H19B. The second kappa shape index (κ2) is 4.79. The summed E-state index contributed by atoms with van der Waals surface area (Å²) < 4.78 is 0. The van der Waals surface area contributed by atoms with Gasteiger partial charge in [-0.1, -0.05) is 47.3 Å². The molecule has 0 aromatic heterocycles. The maximum atomic E-state index is 2.30. The molecule has 0 saturated heterocycles. The van der Waals surface area contributed by atoms with Crippen molar-refractivity contribution in [2.24, 2.45) is 0 Å². The summed E-state index contributed by atoms with van der Waals surface area (Å²) in [5, 5.41) is 0. The molecular weight excluding hydrogens is 203 g/mol. The predicted octanol–water partition coefficient (Wildman–Crippen LogP) is 2.31. The first-order valence-electron chi connectivity index (χ1n) is 6.18. The first kappa shape index (κ1) is 12.0. The smallest absolute Gasteiger partial charge is 0.0783 e. The molecule has 0 atom stereocenters. The van der Waals surface area contributed by atoms with Gasteiger partial charge >= 0.3 is 0 Å². The summed E-state index contributed by atoms with van der Waals surface area (Å²) >= 11 is 0. The standard InChI is InChI=1S/C16H19B/c1-11-5-7-15(9-13(11)3)17-16-8-6-12(2)14(4)10-16/h5-10,17H,1-4H3. The van der Waals surface area contributed by atoms with E-state index in [-0.39, 0.29) is 0 Å². The summed E-state index contributed by atoms with van der Waals surface area (Å²) in [6.45, 7) is 8.68. The summed E-state index contributed by atoms with van der Waals surface area (Å²) in [6.07, 6.45) is 0. The highest BCUT2D eigenvalue weighted by Crippen LogP contribution is 2.04. The zero-order valence-electron chi connectivity index (χ0n) is 11.2. The number of benzene rings is 2. The van der Waals surface area contributed by atoms with E-state index in [0.717, 1.165) is 7.28 Å². The highest BCUT2D eigenvalue weighted by atomic mass is 14.0. The van der Waals surface area contributed by atoms with Gasteiger partial charge in [-0.15, -0.1) is 0 Å². The van der Waals surface area contributed by atoms with Crippen molar-refractivity contribution in [1.82, 2.24) is 0 Å². The Morgan fingerprint density at radius 3 is 1.35 bits per heavy atom. The maximum absolute atomic E-state index is 2.30. The van der Waals surface area contributed by atoms with Gasteiger partial charge in [-0.05, 0) is 49.9 Å². The van der Waals surface area contributed by atoms with Crippen molar-refractivity contribution in [2.75, 3.05) is 0 Å². The third-order valence-electron chi connectivity index (χ3n) is 3.55. The van der Waals surface area contributed by atoms with Crippen molar-refractivity contribution in [3.05, 3.63) is 58.7 Å². The van der Waals surface area contributed by atoms with Gasteiger partial charge in [-0.3, -0.25) is 0 Å². The molecule has 0 aliphatic heterocycles. The summed E-state index contributed by atoms with van der Waals surface area (Å²) in [7, 11) is 1.03. The highest BCUT2D eigenvalue weighted by molar-refractivity contribution is 6.67. The quantitative estimate of drug-likeness (QED) is 0.684. The molecule has 0 heterocycles. The Labute approximate surface area is 105 Å². The molecule has 0 fully saturated rings. The van der Waals surface area contributed by atoms with Crippen LogP contribution in [0.2, 0.25) is 0 Å². The molecule has 2 aromatic rings. The summed E-state index contributed by atoms with van der Waals surface area (Å²) in [5.74, 6) is 0. The molecule has 2 aromatic carbocycles. The van der Waals surface area contributed by atoms with Crippen LogP contribution in [0.3, 0.4) is 0 Å². The second-order valence-electron chi connectivity index (χ2n) is 5.01. The molecule has 86 valence electrons. The lowest BCUT2D eigenvalue weighted by atomic mass is 9.63. The maximum Gasteiger partial charge on any atom is 0.192 e. The molecule has 0 saturated carbocycles. The van der Waals surface area contributed by atoms with Gasteiger partial charge in [-0.25, -0.2) is 0 Å². The van der Waals surface area contributed by atoms with Crippen molar-refractivity contribution >= 4 is 18.2 Å². The summed E-state index contributed by atoms with van der Waals surface area (Å²) in [6, 6.07) is 13.5. The Bertz CT molecular complexity index is 492. The van der Waals surface area contributed by atoms with E-state index in [0.29, 0.717) is 0 Å². The second-order valence-corrected chi connectivity index (χ2v) is 5.01. The van der Waals surface area contributed by atoms with E-state index < -0.39 is 0 Å². The van der Waals surface area contributed by atoms with Crippen LogP contribution in [0.5, 0.6) is 0 Å². The third kappa shape index (κ3) is 2.79. The molecule has 0 radical (unpaired) electrons. The lowest BCUT2D eigenvalue weighted by Crippen LogP contribution is -2.27. The normalized spacial score (nSPS) is 10.4. The minimum Gasteiger partial charge on any atom is -0.0783 e. The van der Waals surface area contributed by atoms with Crippen LogP contribution < -0.4 is 10.9 Å². The Kier molecular flexibility index (Phi) is 3.37. The fourth-order valence-corrected chi connectivity index (χ4v) is 2.06. The van der Waals surface area contributed by atoms with Crippen LogP contribution >= 0.6 is 0 Å². The van der Waals surface area contributed by atoms with Gasteiger partial charge in [0.05, 0.1) is 0 Å². The van der Waals surface area contributed by atoms with E-state index in [2.05, 4.69) is 64.1 Å². The van der Waals surface area contributed by atoms with Gasteiger partial charge in [0.1, 0.15) is 0 Å². The molecule has 0 bridgehead atoms. The SMILES string of the molecule is Cc1ccc(Bc2ccc(C)c(C)c2)cc1C. The van der Waals surface area contributed by atoms with E-state index in [9.17, 15) is 0 Å². The molecule has 0 amide bonds. The van der Waals surface area contributed by atoms with E-state index >= 15 is 0 Å². The average molecular weight is 222 g/mol. The van der Waals surface area contributed by atoms with Crippen molar-refractivity contribution in [3.63, 3.8) is 0 Å². The van der Waals surface area contributed by atoms with E-state index in [1.807, 2.05) is 0 Å². The summed E-state index contributed by atoms with van der Waals surface area (Å²) in [4.78, 5) is 0. The predicted molar refractivity (Wildman–Crippen MR) is 78.2 cm³/mol. The van der Waals surface area contributed by atoms with Crippen molar-refractivity contribution in [3.8, 4) is 0 Å². The van der Waals surface area contributed by atoms with Gasteiger partial charge in [0, 0.05) is 0 Å². The minimum atomic E-state index is 1.03. The average Bonchev–Trinajstić information content (AvgIpc) is 2.29. The number of hydrogen-bond donors (Lipinski definition) is 0. The molecule has 0 nitrogen and oxygen atoms in total. The molecule has 17 heavy (non-hydrogen) atoms. The van der Waals surface area contributed by atoms with Crippen molar-refractivity contribution in [2.45, 2.75) is 27.7 Å². The first-order valence-corrected chi connectivity index (χ1v) is 6.18. The minimum absolute atomic E-state index is 1.03. The van der Waals surface area contributed by atoms with Crippen LogP contribution in [0, 0.1) is 27.7 Å². The van der Waals surface area contributed by atoms with Crippen molar-refractivity contribution < 1.29 is 0 Å². The monoisotopic (exact) mass is 222 g/mol. The Morgan fingerprint density at radius 2 is 1.00 bits per heavy atom. The van der Waals surface area contributed by atoms with Gasteiger partial charge < -0.3 is 0 Å². The van der Waals surface area contributed by atoms with E-state index in [1.54, 1.807) is 0 Å². The number of hydrogen-bond acceptors (Lipinski definition) is 0. The van der Waals surface area contributed by atoms with Gasteiger partial charge in [0.2, 0.25) is 0 Å². The van der Waals surface area contributed by atoms with Crippen LogP contribution in [0.25, 0.3) is 0 Å². The van der Waals surface area contributed by atoms with Crippen LogP contribution in [-0.4, -0.2) is 7.28 Å². The van der Waals surface area contributed by atoms with Crippen LogP contribution in [-0.2, 0) is 0 Å². The lowest BCUT2D eigenvalue weighted by Gasteiger charge is -2.06. The summed E-state index contributed by atoms with van der Waals surface area (Å²) in [5.41, 5.74) is 8.30. The number of aryl methyl sites for hydroxylation is 4. The topological polar surface area (TPSA) is 0 Å². The molecule has 0 spiro atoms. The largest absolute Gasteiger partial charge is 0.192 e. The van der Waals surface area contributed by atoms with Crippen LogP contribution in [0.4, 0.5) is 0 Å². The molecule has 1 heteroatoms. The zero-order valence-corrected chi connectivity index (χ0v) is 11.2. The Morgan fingerprint density at radius 1 is 0.588 bits per heavy atom. The van der Waals surface area contributed by atoms with Crippen LogP contribution in [0.1, 0.15) is 22.3 Å². The fraction of sp³-hybridized carbons (Fsp3) is 0.250. The zero-order chi connectivity index (χ0) is 12.4.